The number of carbonyl (C=O) groups excluding carboxylic acids is 2. The van der Waals surface area contributed by atoms with Crippen LogP contribution in [0, 0.1) is 11.8 Å². The highest BCUT2D eigenvalue weighted by Crippen LogP contribution is 2.37. The SMILES string of the molecule is CC1CCCC(NC(=O)COC(=O)CSc2ccc(Cl)c(Cl)c2Cl)C1C. The fourth-order valence-corrected chi connectivity index (χ4v) is 4.48. The van der Waals surface area contributed by atoms with E-state index in [0.29, 0.717) is 26.8 Å². The number of ether oxygens (including phenoxy) is 1. The summed E-state index contributed by atoms with van der Waals surface area (Å²) in [5, 5.41) is 3.88. The third-order valence-electron chi connectivity index (χ3n) is 4.76. The third kappa shape index (κ3) is 5.95. The van der Waals surface area contributed by atoms with E-state index in [-0.39, 0.29) is 29.3 Å². The van der Waals surface area contributed by atoms with E-state index in [0.717, 1.165) is 12.8 Å². The van der Waals surface area contributed by atoms with Gasteiger partial charge in [0.2, 0.25) is 0 Å². The van der Waals surface area contributed by atoms with Gasteiger partial charge in [-0.2, -0.15) is 0 Å². The summed E-state index contributed by atoms with van der Waals surface area (Å²) < 4.78 is 5.05. The lowest BCUT2D eigenvalue weighted by molar-refractivity contribution is -0.146. The highest BCUT2D eigenvalue weighted by atomic mass is 35.5. The minimum Gasteiger partial charge on any atom is -0.455 e. The average molecular weight is 439 g/mol. The minimum atomic E-state index is -0.489. The number of halogens is 3. The second kappa shape index (κ2) is 10.1. The van der Waals surface area contributed by atoms with Gasteiger partial charge >= 0.3 is 5.97 Å². The molecule has 0 saturated heterocycles. The quantitative estimate of drug-likeness (QED) is 0.376. The lowest BCUT2D eigenvalue weighted by Gasteiger charge is -2.34. The van der Waals surface area contributed by atoms with Crippen molar-refractivity contribution >= 4 is 58.4 Å². The van der Waals surface area contributed by atoms with Crippen LogP contribution >= 0.6 is 46.6 Å². The summed E-state index contributed by atoms with van der Waals surface area (Å²) in [6.45, 7) is 4.08. The van der Waals surface area contributed by atoms with Crippen LogP contribution in [0.15, 0.2) is 17.0 Å². The van der Waals surface area contributed by atoms with Crippen LogP contribution in [0.1, 0.15) is 33.1 Å². The average Bonchev–Trinajstić information content (AvgIpc) is 2.61. The summed E-state index contributed by atoms with van der Waals surface area (Å²) in [7, 11) is 0. The van der Waals surface area contributed by atoms with Crippen molar-refractivity contribution in [3.05, 3.63) is 27.2 Å². The molecule has 0 spiro atoms. The van der Waals surface area contributed by atoms with Gasteiger partial charge in [0.1, 0.15) is 0 Å². The van der Waals surface area contributed by atoms with Crippen LogP contribution < -0.4 is 5.32 Å². The van der Waals surface area contributed by atoms with Gasteiger partial charge in [0, 0.05) is 10.9 Å². The topological polar surface area (TPSA) is 55.4 Å². The van der Waals surface area contributed by atoms with Gasteiger partial charge in [0.15, 0.2) is 6.61 Å². The van der Waals surface area contributed by atoms with E-state index in [1.807, 2.05) is 0 Å². The Morgan fingerprint density at radius 3 is 2.65 bits per heavy atom. The predicted octanol–water partition coefficient (Wildman–Crippen LogP) is 5.22. The van der Waals surface area contributed by atoms with Crippen LogP contribution in [0.4, 0.5) is 0 Å². The molecular weight excluding hydrogens is 417 g/mol. The van der Waals surface area contributed by atoms with Crippen molar-refractivity contribution in [1.82, 2.24) is 5.32 Å². The Balaban J connectivity index is 1.75. The van der Waals surface area contributed by atoms with Crippen molar-refractivity contribution in [2.24, 2.45) is 11.8 Å². The summed E-state index contributed by atoms with van der Waals surface area (Å²) in [5.41, 5.74) is 0. The van der Waals surface area contributed by atoms with Gasteiger partial charge in [-0.3, -0.25) is 9.59 Å². The Hall–Kier alpha value is -0.620. The minimum absolute atomic E-state index is 0.0296. The number of hydrogen-bond donors (Lipinski definition) is 1. The van der Waals surface area contributed by atoms with Gasteiger partial charge in [-0.25, -0.2) is 0 Å². The van der Waals surface area contributed by atoms with Gasteiger partial charge in [0.25, 0.3) is 5.91 Å². The van der Waals surface area contributed by atoms with Crippen LogP contribution in [0.2, 0.25) is 15.1 Å². The van der Waals surface area contributed by atoms with Crippen molar-refractivity contribution in [1.29, 1.82) is 0 Å². The molecule has 0 aliphatic heterocycles. The fraction of sp³-hybridized carbons (Fsp3) is 0.556. The molecule has 1 aliphatic rings. The Morgan fingerprint density at radius 2 is 1.92 bits per heavy atom. The van der Waals surface area contributed by atoms with Crippen molar-refractivity contribution in [2.45, 2.75) is 44.0 Å². The first-order chi connectivity index (χ1) is 12.3. The molecule has 144 valence electrons. The van der Waals surface area contributed by atoms with Gasteiger partial charge < -0.3 is 10.1 Å². The first-order valence-electron chi connectivity index (χ1n) is 8.51. The molecule has 1 fully saturated rings. The lowest BCUT2D eigenvalue weighted by Crippen LogP contribution is -2.45. The molecule has 0 radical (unpaired) electrons. The lowest BCUT2D eigenvalue weighted by atomic mass is 9.78. The first-order valence-corrected chi connectivity index (χ1v) is 10.6. The summed E-state index contributed by atoms with van der Waals surface area (Å²) in [5.74, 6) is 0.292. The maximum Gasteiger partial charge on any atom is 0.316 e. The van der Waals surface area contributed by atoms with E-state index in [1.54, 1.807) is 12.1 Å². The smallest absolute Gasteiger partial charge is 0.316 e. The number of nitrogens with one attached hydrogen (secondary N) is 1. The predicted molar refractivity (Wildman–Crippen MR) is 107 cm³/mol. The van der Waals surface area contributed by atoms with Crippen LogP contribution in [-0.2, 0) is 14.3 Å². The second-order valence-electron chi connectivity index (χ2n) is 6.56. The van der Waals surface area contributed by atoms with Crippen molar-refractivity contribution < 1.29 is 14.3 Å². The molecule has 4 nitrogen and oxygen atoms in total. The fourth-order valence-electron chi connectivity index (χ4n) is 2.98. The zero-order valence-corrected chi connectivity index (χ0v) is 17.8. The summed E-state index contributed by atoms with van der Waals surface area (Å²) >= 11 is 19.1. The highest BCUT2D eigenvalue weighted by Gasteiger charge is 2.28. The standard InChI is InChI=1S/C18H22Cl3NO3S/c1-10-4-3-5-13(11(10)2)22-15(23)8-25-16(24)9-26-14-7-6-12(19)17(20)18(14)21/h6-7,10-11,13H,3-5,8-9H2,1-2H3,(H,22,23). The molecule has 2 rings (SSSR count). The maximum atomic E-state index is 12.0. The Labute approximate surface area is 173 Å². The van der Waals surface area contributed by atoms with Crippen molar-refractivity contribution in [2.75, 3.05) is 12.4 Å². The molecule has 1 aliphatic carbocycles. The van der Waals surface area contributed by atoms with Crippen LogP contribution in [0.5, 0.6) is 0 Å². The molecule has 0 bridgehead atoms. The number of benzene rings is 1. The number of carbonyl (C=O) groups is 2. The van der Waals surface area contributed by atoms with Crippen LogP contribution in [0.25, 0.3) is 0 Å². The molecule has 8 heteroatoms. The summed E-state index contributed by atoms with van der Waals surface area (Å²) in [6, 6.07) is 3.45. The Morgan fingerprint density at radius 1 is 1.19 bits per heavy atom. The molecular formula is C18H22Cl3NO3S. The van der Waals surface area contributed by atoms with Gasteiger partial charge in [-0.15, -0.1) is 11.8 Å². The van der Waals surface area contributed by atoms with Gasteiger partial charge in [-0.1, -0.05) is 61.5 Å². The first kappa shape index (κ1) is 21.7. The maximum absolute atomic E-state index is 12.0. The summed E-state index contributed by atoms with van der Waals surface area (Å²) in [4.78, 5) is 24.5. The molecule has 3 atom stereocenters. The number of hydrogen-bond acceptors (Lipinski definition) is 4. The molecule has 3 unspecified atom stereocenters. The van der Waals surface area contributed by atoms with E-state index >= 15 is 0 Å². The Kier molecular flexibility index (Phi) is 8.40. The Bertz CT molecular complexity index is 671. The monoisotopic (exact) mass is 437 g/mol. The van der Waals surface area contributed by atoms with E-state index in [2.05, 4.69) is 19.2 Å². The van der Waals surface area contributed by atoms with Crippen molar-refractivity contribution in [3.8, 4) is 0 Å². The number of esters is 1. The zero-order chi connectivity index (χ0) is 19.3. The zero-order valence-electron chi connectivity index (χ0n) is 14.7. The number of thioether (sulfide) groups is 1. The van der Waals surface area contributed by atoms with Crippen molar-refractivity contribution in [3.63, 3.8) is 0 Å². The molecule has 1 saturated carbocycles. The molecule has 1 aromatic carbocycles. The van der Waals surface area contributed by atoms with Crippen LogP contribution in [0.3, 0.4) is 0 Å². The molecule has 26 heavy (non-hydrogen) atoms. The van der Waals surface area contributed by atoms with E-state index in [4.69, 9.17) is 39.5 Å². The normalized spacial score (nSPS) is 22.7. The summed E-state index contributed by atoms with van der Waals surface area (Å²) in [6.07, 6.45) is 3.27. The molecule has 1 aromatic rings. The largest absolute Gasteiger partial charge is 0.455 e. The molecule has 1 amide bonds. The molecule has 0 aromatic heterocycles. The number of amides is 1. The second-order valence-corrected chi connectivity index (χ2v) is 8.74. The number of rotatable bonds is 6. The highest BCUT2D eigenvalue weighted by molar-refractivity contribution is 8.00. The van der Waals surface area contributed by atoms with Gasteiger partial charge in [-0.05, 0) is 30.4 Å². The molecule has 0 heterocycles. The molecule has 1 N–H and O–H groups in total. The van der Waals surface area contributed by atoms with Crippen LogP contribution in [-0.4, -0.2) is 30.3 Å². The van der Waals surface area contributed by atoms with E-state index in [1.165, 1.54) is 18.2 Å². The third-order valence-corrected chi connectivity index (χ3v) is 7.20. The van der Waals surface area contributed by atoms with Gasteiger partial charge in [0.05, 0.1) is 20.8 Å². The van der Waals surface area contributed by atoms with E-state index < -0.39 is 5.97 Å². The van der Waals surface area contributed by atoms with E-state index in [9.17, 15) is 9.59 Å².